The lowest BCUT2D eigenvalue weighted by molar-refractivity contribution is 0.0820. The normalized spacial score (nSPS) is 17.9. The number of urea groups is 1. The van der Waals surface area contributed by atoms with Gasteiger partial charge in [0.25, 0.3) is 0 Å². The van der Waals surface area contributed by atoms with Crippen molar-refractivity contribution in [2.45, 2.75) is 25.9 Å². The van der Waals surface area contributed by atoms with Gasteiger partial charge in [-0.25, -0.2) is 9.18 Å². The van der Waals surface area contributed by atoms with E-state index in [9.17, 15) is 14.3 Å². The summed E-state index contributed by atoms with van der Waals surface area (Å²) >= 11 is 5.87. The van der Waals surface area contributed by atoms with Gasteiger partial charge in [-0.2, -0.15) is 0 Å². The SMILES string of the molecule is CC(O)C1CCN(C(=O)Nc2ccc(F)cc2Cl)CC1. The Morgan fingerprint density at radius 2 is 2.15 bits per heavy atom. The molecule has 1 heterocycles. The van der Waals surface area contributed by atoms with Gasteiger partial charge in [-0.3, -0.25) is 0 Å². The summed E-state index contributed by atoms with van der Waals surface area (Å²) in [5, 5.41) is 12.4. The number of benzene rings is 1. The van der Waals surface area contributed by atoms with E-state index in [1.807, 2.05) is 0 Å². The molecule has 1 fully saturated rings. The van der Waals surface area contributed by atoms with Crippen LogP contribution in [0.25, 0.3) is 0 Å². The molecule has 20 heavy (non-hydrogen) atoms. The molecule has 0 spiro atoms. The third-order valence-corrected chi connectivity index (χ3v) is 3.99. The maximum Gasteiger partial charge on any atom is 0.321 e. The second-order valence-corrected chi connectivity index (χ2v) is 5.53. The van der Waals surface area contributed by atoms with Gasteiger partial charge in [-0.1, -0.05) is 11.6 Å². The summed E-state index contributed by atoms with van der Waals surface area (Å²) in [6, 6.07) is 3.61. The molecule has 0 aliphatic carbocycles. The minimum atomic E-state index is -0.439. The molecule has 0 aromatic heterocycles. The van der Waals surface area contributed by atoms with Gasteiger partial charge >= 0.3 is 6.03 Å². The van der Waals surface area contributed by atoms with Crippen molar-refractivity contribution in [1.82, 2.24) is 4.90 Å². The topological polar surface area (TPSA) is 52.6 Å². The first kappa shape index (κ1) is 15.1. The van der Waals surface area contributed by atoms with Gasteiger partial charge in [-0.15, -0.1) is 0 Å². The molecule has 0 bridgehead atoms. The summed E-state index contributed by atoms with van der Waals surface area (Å²) in [7, 11) is 0. The minimum absolute atomic E-state index is 0.178. The summed E-state index contributed by atoms with van der Waals surface area (Å²) in [6.45, 7) is 2.97. The predicted octanol–water partition coefficient (Wildman–Crippen LogP) is 3.10. The van der Waals surface area contributed by atoms with E-state index in [1.165, 1.54) is 12.1 Å². The van der Waals surface area contributed by atoms with Crippen molar-refractivity contribution < 1.29 is 14.3 Å². The van der Waals surface area contributed by atoms with E-state index in [4.69, 9.17) is 11.6 Å². The molecule has 2 amide bonds. The molecule has 0 radical (unpaired) electrons. The lowest BCUT2D eigenvalue weighted by Gasteiger charge is -2.33. The highest BCUT2D eigenvalue weighted by Crippen LogP contribution is 2.24. The highest BCUT2D eigenvalue weighted by atomic mass is 35.5. The van der Waals surface area contributed by atoms with Crippen molar-refractivity contribution in [3.05, 3.63) is 29.0 Å². The molecule has 1 saturated heterocycles. The highest BCUT2D eigenvalue weighted by molar-refractivity contribution is 6.33. The van der Waals surface area contributed by atoms with Crippen molar-refractivity contribution in [3.8, 4) is 0 Å². The number of aliphatic hydroxyl groups excluding tert-OH is 1. The van der Waals surface area contributed by atoms with Crippen molar-refractivity contribution in [2.24, 2.45) is 5.92 Å². The van der Waals surface area contributed by atoms with E-state index in [2.05, 4.69) is 5.32 Å². The van der Waals surface area contributed by atoms with Crippen LogP contribution in [-0.2, 0) is 0 Å². The third kappa shape index (κ3) is 3.61. The Morgan fingerprint density at radius 3 is 2.70 bits per heavy atom. The Kier molecular flexibility index (Phi) is 4.83. The van der Waals surface area contributed by atoms with Crippen LogP contribution >= 0.6 is 11.6 Å². The fourth-order valence-corrected chi connectivity index (χ4v) is 2.58. The van der Waals surface area contributed by atoms with Crippen LogP contribution in [0.4, 0.5) is 14.9 Å². The average molecular weight is 301 g/mol. The van der Waals surface area contributed by atoms with Gasteiger partial charge in [0.2, 0.25) is 0 Å². The number of piperidine rings is 1. The quantitative estimate of drug-likeness (QED) is 0.882. The lowest BCUT2D eigenvalue weighted by Crippen LogP contribution is -2.42. The molecule has 2 rings (SSSR count). The Balaban J connectivity index is 1.93. The van der Waals surface area contributed by atoms with Crippen LogP contribution < -0.4 is 5.32 Å². The molecule has 2 N–H and O–H groups in total. The number of amides is 2. The van der Waals surface area contributed by atoms with Crippen molar-refractivity contribution in [2.75, 3.05) is 18.4 Å². The Bertz CT molecular complexity index is 488. The van der Waals surface area contributed by atoms with E-state index in [0.29, 0.717) is 18.8 Å². The van der Waals surface area contributed by atoms with Gasteiger partial charge in [0.15, 0.2) is 0 Å². The zero-order valence-electron chi connectivity index (χ0n) is 11.3. The summed E-state index contributed by atoms with van der Waals surface area (Å²) < 4.78 is 12.9. The maximum atomic E-state index is 12.9. The van der Waals surface area contributed by atoms with Crippen LogP contribution in [0.1, 0.15) is 19.8 Å². The second kappa shape index (κ2) is 6.41. The van der Waals surface area contributed by atoms with Crippen LogP contribution in [0.2, 0.25) is 5.02 Å². The number of aliphatic hydroxyl groups is 1. The van der Waals surface area contributed by atoms with E-state index in [-0.39, 0.29) is 23.1 Å². The first-order valence-electron chi connectivity index (χ1n) is 6.66. The smallest absolute Gasteiger partial charge is 0.321 e. The number of carbonyl (C=O) groups excluding carboxylic acids is 1. The first-order chi connectivity index (χ1) is 9.47. The summed E-state index contributed by atoms with van der Waals surface area (Å²) in [5.41, 5.74) is 0.399. The fourth-order valence-electron chi connectivity index (χ4n) is 2.37. The number of hydrogen-bond donors (Lipinski definition) is 2. The molecule has 6 heteroatoms. The molecule has 1 aliphatic heterocycles. The minimum Gasteiger partial charge on any atom is -0.393 e. The molecule has 1 aliphatic rings. The van der Waals surface area contributed by atoms with Gasteiger partial charge in [0, 0.05) is 13.1 Å². The van der Waals surface area contributed by atoms with Crippen LogP contribution in [-0.4, -0.2) is 35.2 Å². The van der Waals surface area contributed by atoms with Gasteiger partial charge in [0.05, 0.1) is 16.8 Å². The molecule has 1 aromatic rings. The van der Waals surface area contributed by atoms with Crippen molar-refractivity contribution >= 4 is 23.3 Å². The molecule has 110 valence electrons. The van der Waals surface area contributed by atoms with Gasteiger partial charge in [-0.05, 0) is 43.9 Å². The molecule has 1 atom stereocenters. The molecule has 4 nitrogen and oxygen atoms in total. The number of carbonyl (C=O) groups is 1. The molecular formula is C14H18ClFN2O2. The van der Waals surface area contributed by atoms with E-state index in [1.54, 1.807) is 11.8 Å². The number of likely N-dealkylation sites (tertiary alicyclic amines) is 1. The van der Waals surface area contributed by atoms with Crippen LogP contribution in [0.5, 0.6) is 0 Å². The number of rotatable bonds is 2. The van der Waals surface area contributed by atoms with Crippen LogP contribution in [0, 0.1) is 11.7 Å². The number of nitrogens with one attached hydrogen (secondary N) is 1. The first-order valence-corrected chi connectivity index (χ1v) is 7.04. The summed E-state index contributed by atoms with van der Waals surface area (Å²) in [4.78, 5) is 13.8. The monoisotopic (exact) mass is 300 g/mol. The maximum absolute atomic E-state index is 12.9. The number of anilines is 1. The average Bonchev–Trinajstić information content (AvgIpc) is 2.42. The zero-order chi connectivity index (χ0) is 14.7. The molecule has 1 unspecified atom stereocenters. The van der Waals surface area contributed by atoms with E-state index < -0.39 is 5.82 Å². The predicted molar refractivity (Wildman–Crippen MR) is 76.4 cm³/mol. The number of hydrogen-bond acceptors (Lipinski definition) is 2. The standard InChI is InChI=1S/C14H18ClFN2O2/c1-9(19)10-4-6-18(7-5-10)14(20)17-13-3-2-11(16)8-12(13)15/h2-3,8-10,19H,4-7H2,1H3,(H,17,20). The van der Waals surface area contributed by atoms with Crippen LogP contribution in [0.15, 0.2) is 18.2 Å². The van der Waals surface area contributed by atoms with Gasteiger partial charge < -0.3 is 15.3 Å². The largest absolute Gasteiger partial charge is 0.393 e. The highest BCUT2D eigenvalue weighted by Gasteiger charge is 2.25. The fraction of sp³-hybridized carbons (Fsp3) is 0.500. The van der Waals surface area contributed by atoms with Gasteiger partial charge in [0.1, 0.15) is 5.82 Å². The van der Waals surface area contributed by atoms with E-state index in [0.717, 1.165) is 18.9 Å². The molecular weight excluding hydrogens is 283 g/mol. The Hall–Kier alpha value is -1.33. The van der Waals surface area contributed by atoms with Crippen LogP contribution in [0.3, 0.4) is 0 Å². The Labute approximate surface area is 122 Å². The van der Waals surface area contributed by atoms with Crippen molar-refractivity contribution in [3.63, 3.8) is 0 Å². The van der Waals surface area contributed by atoms with E-state index >= 15 is 0 Å². The zero-order valence-corrected chi connectivity index (χ0v) is 12.0. The second-order valence-electron chi connectivity index (χ2n) is 5.12. The number of halogens is 2. The summed E-state index contributed by atoms with van der Waals surface area (Å²) in [6.07, 6.45) is 1.22. The lowest BCUT2D eigenvalue weighted by atomic mass is 9.92. The number of nitrogens with zero attached hydrogens (tertiary/aromatic N) is 1. The Morgan fingerprint density at radius 1 is 1.50 bits per heavy atom. The summed E-state index contributed by atoms with van der Waals surface area (Å²) in [5.74, 6) is -0.195. The van der Waals surface area contributed by atoms with Crippen molar-refractivity contribution in [1.29, 1.82) is 0 Å². The third-order valence-electron chi connectivity index (χ3n) is 3.68. The molecule has 0 saturated carbocycles. The molecule has 1 aromatic carbocycles.